The highest BCUT2D eigenvalue weighted by Gasteiger charge is 2.47. The van der Waals surface area contributed by atoms with Crippen molar-refractivity contribution in [1.82, 2.24) is 4.90 Å². The quantitative estimate of drug-likeness (QED) is 0.668. The summed E-state index contributed by atoms with van der Waals surface area (Å²) in [5.74, 6) is 5.68. The van der Waals surface area contributed by atoms with Crippen LogP contribution < -0.4 is 5.73 Å². The minimum absolute atomic E-state index is 0.0210. The second-order valence-electron chi connectivity index (χ2n) is 5.57. The van der Waals surface area contributed by atoms with Gasteiger partial charge < -0.3 is 5.73 Å². The number of amides is 2. The van der Waals surface area contributed by atoms with Crippen LogP contribution in [0.2, 0.25) is 0 Å². The van der Waals surface area contributed by atoms with Crippen molar-refractivity contribution in [3.05, 3.63) is 21.9 Å². The number of hydrogen-bond acceptors (Lipinski definition) is 4. The fourth-order valence-corrected chi connectivity index (χ4v) is 4.03. The molecule has 21 heavy (non-hydrogen) atoms. The van der Waals surface area contributed by atoms with Crippen LogP contribution in [0.4, 0.5) is 0 Å². The predicted molar refractivity (Wildman–Crippen MR) is 81.3 cm³/mol. The molecular formula is C16H18N2O2S. The van der Waals surface area contributed by atoms with Crippen LogP contribution in [-0.2, 0) is 16.1 Å². The van der Waals surface area contributed by atoms with E-state index in [-0.39, 0.29) is 23.7 Å². The average Bonchev–Trinajstić information content (AvgIpc) is 3.05. The van der Waals surface area contributed by atoms with Crippen LogP contribution in [0.15, 0.2) is 11.4 Å². The molecule has 1 aromatic heterocycles. The van der Waals surface area contributed by atoms with Gasteiger partial charge in [-0.25, -0.2) is 0 Å². The van der Waals surface area contributed by atoms with Gasteiger partial charge in [-0.05, 0) is 18.9 Å². The van der Waals surface area contributed by atoms with E-state index in [0.717, 1.165) is 36.1 Å². The summed E-state index contributed by atoms with van der Waals surface area (Å²) in [4.78, 5) is 27.2. The van der Waals surface area contributed by atoms with E-state index in [4.69, 9.17) is 5.73 Å². The van der Waals surface area contributed by atoms with Crippen molar-refractivity contribution in [3.8, 4) is 11.8 Å². The number of likely N-dealkylation sites (tertiary alicyclic amines) is 1. The minimum atomic E-state index is -0.0669. The van der Waals surface area contributed by atoms with Crippen molar-refractivity contribution in [2.24, 2.45) is 17.6 Å². The van der Waals surface area contributed by atoms with Gasteiger partial charge in [0.2, 0.25) is 11.8 Å². The van der Waals surface area contributed by atoms with Gasteiger partial charge >= 0.3 is 0 Å². The molecule has 3 rings (SSSR count). The van der Waals surface area contributed by atoms with E-state index in [1.54, 1.807) is 0 Å². The highest BCUT2D eigenvalue weighted by Crippen LogP contribution is 2.38. The Hall–Kier alpha value is -1.64. The summed E-state index contributed by atoms with van der Waals surface area (Å²) in [6.45, 7) is 0.720. The van der Waals surface area contributed by atoms with Crippen molar-refractivity contribution in [2.75, 3.05) is 6.54 Å². The third-order valence-corrected chi connectivity index (χ3v) is 5.16. The van der Waals surface area contributed by atoms with Gasteiger partial charge in [0.15, 0.2) is 0 Å². The second-order valence-corrected chi connectivity index (χ2v) is 6.56. The van der Waals surface area contributed by atoms with Gasteiger partial charge in [0.05, 0.1) is 24.9 Å². The zero-order chi connectivity index (χ0) is 14.8. The van der Waals surface area contributed by atoms with Gasteiger partial charge in [-0.3, -0.25) is 14.5 Å². The van der Waals surface area contributed by atoms with E-state index < -0.39 is 0 Å². The SMILES string of the molecule is NCC#Cc1csc(CN2C(=O)C3CCCCC3C2=O)c1. The number of thiophene rings is 1. The number of imide groups is 1. The molecule has 0 aromatic carbocycles. The summed E-state index contributed by atoms with van der Waals surface area (Å²) >= 11 is 1.53. The van der Waals surface area contributed by atoms with Crippen molar-refractivity contribution >= 4 is 23.2 Å². The lowest BCUT2D eigenvalue weighted by atomic mass is 9.81. The molecule has 1 aromatic rings. The molecule has 2 unspecified atom stereocenters. The molecule has 0 spiro atoms. The van der Waals surface area contributed by atoms with E-state index >= 15 is 0 Å². The Balaban J connectivity index is 1.74. The summed E-state index contributed by atoms with van der Waals surface area (Å²) < 4.78 is 0. The van der Waals surface area contributed by atoms with E-state index in [1.165, 1.54) is 16.2 Å². The van der Waals surface area contributed by atoms with Gasteiger partial charge in [-0.15, -0.1) is 11.3 Å². The van der Waals surface area contributed by atoms with Crippen LogP contribution in [-0.4, -0.2) is 23.3 Å². The number of rotatable bonds is 2. The molecule has 110 valence electrons. The summed E-state index contributed by atoms with van der Waals surface area (Å²) in [7, 11) is 0. The van der Waals surface area contributed by atoms with Crippen molar-refractivity contribution < 1.29 is 9.59 Å². The van der Waals surface area contributed by atoms with Crippen LogP contribution in [0, 0.1) is 23.7 Å². The second kappa shape index (κ2) is 6.00. The Bertz CT molecular complexity index is 602. The zero-order valence-corrected chi connectivity index (χ0v) is 12.6. The number of hydrogen-bond donors (Lipinski definition) is 1. The molecular weight excluding hydrogens is 284 g/mol. The van der Waals surface area contributed by atoms with Crippen LogP contribution in [0.25, 0.3) is 0 Å². The Morgan fingerprint density at radius 2 is 1.90 bits per heavy atom. The fraction of sp³-hybridized carbons (Fsp3) is 0.500. The fourth-order valence-electron chi connectivity index (χ4n) is 3.22. The molecule has 2 amide bonds. The van der Waals surface area contributed by atoms with E-state index in [1.807, 2.05) is 11.4 Å². The first kappa shape index (κ1) is 14.3. The molecule has 2 heterocycles. The normalized spacial score (nSPS) is 24.7. The Kier molecular flexibility index (Phi) is 4.09. The lowest BCUT2D eigenvalue weighted by Gasteiger charge is -2.19. The van der Waals surface area contributed by atoms with Gasteiger partial charge in [-0.1, -0.05) is 24.7 Å². The molecule has 2 N–H and O–H groups in total. The highest BCUT2D eigenvalue weighted by molar-refractivity contribution is 7.10. The first-order valence-electron chi connectivity index (χ1n) is 7.32. The molecule has 1 saturated heterocycles. The van der Waals surface area contributed by atoms with E-state index in [2.05, 4.69) is 11.8 Å². The van der Waals surface area contributed by atoms with Crippen LogP contribution in [0.3, 0.4) is 0 Å². The average molecular weight is 302 g/mol. The number of fused-ring (bicyclic) bond motifs is 1. The molecule has 1 aliphatic heterocycles. The van der Waals surface area contributed by atoms with E-state index in [0.29, 0.717) is 13.1 Å². The Morgan fingerprint density at radius 1 is 1.24 bits per heavy atom. The number of nitrogens with two attached hydrogens (primary N) is 1. The molecule has 1 saturated carbocycles. The highest BCUT2D eigenvalue weighted by atomic mass is 32.1. The van der Waals surface area contributed by atoms with Crippen LogP contribution in [0.1, 0.15) is 36.1 Å². The Morgan fingerprint density at radius 3 is 2.52 bits per heavy atom. The van der Waals surface area contributed by atoms with Gasteiger partial charge in [0, 0.05) is 15.8 Å². The van der Waals surface area contributed by atoms with E-state index in [9.17, 15) is 9.59 Å². The largest absolute Gasteiger partial charge is 0.320 e. The van der Waals surface area contributed by atoms with Gasteiger partial charge in [0.25, 0.3) is 0 Å². The van der Waals surface area contributed by atoms with Crippen molar-refractivity contribution in [2.45, 2.75) is 32.2 Å². The maximum Gasteiger partial charge on any atom is 0.233 e. The first-order chi connectivity index (χ1) is 10.2. The lowest BCUT2D eigenvalue weighted by Crippen LogP contribution is -2.30. The molecule has 2 atom stereocenters. The summed E-state index contributed by atoms with van der Waals surface area (Å²) in [6, 6.07) is 1.94. The smallest absolute Gasteiger partial charge is 0.233 e. The molecule has 5 heteroatoms. The zero-order valence-electron chi connectivity index (χ0n) is 11.8. The maximum absolute atomic E-state index is 12.4. The molecule has 2 aliphatic rings. The maximum atomic E-state index is 12.4. The third kappa shape index (κ3) is 2.74. The van der Waals surface area contributed by atoms with Crippen molar-refractivity contribution in [3.63, 3.8) is 0 Å². The van der Waals surface area contributed by atoms with Gasteiger partial charge in [-0.2, -0.15) is 0 Å². The summed E-state index contributed by atoms with van der Waals surface area (Å²) in [5.41, 5.74) is 6.25. The monoisotopic (exact) mass is 302 g/mol. The minimum Gasteiger partial charge on any atom is -0.320 e. The third-order valence-electron chi connectivity index (χ3n) is 4.23. The molecule has 0 bridgehead atoms. The molecule has 4 nitrogen and oxygen atoms in total. The summed E-state index contributed by atoms with van der Waals surface area (Å²) in [5, 5.41) is 1.94. The first-order valence-corrected chi connectivity index (χ1v) is 8.20. The predicted octanol–water partition coefficient (Wildman–Crippen LogP) is 1.73. The summed E-state index contributed by atoms with van der Waals surface area (Å²) in [6.07, 6.45) is 3.85. The van der Waals surface area contributed by atoms with Crippen LogP contribution >= 0.6 is 11.3 Å². The van der Waals surface area contributed by atoms with Gasteiger partial charge in [0.1, 0.15) is 0 Å². The topological polar surface area (TPSA) is 63.4 Å². The molecule has 0 radical (unpaired) electrons. The Labute approximate surface area is 128 Å². The number of carbonyl (C=O) groups excluding carboxylic acids is 2. The van der Waals surface area contributed by atoms with Crippen molar-refractivity contribution in [1.29, 1.82) is 0 Å². The standard InChI is InChI=1S/C16H18N2O2S/c17-7-3-4-11-8-12(21-10-11)9-18-15(19)13-5-1-2-6-14(13)16(18)20/h8,10,13-14H,1-2,5-7,9,17H2. The number of carbonyl (C=O) groups is 2. The molecule has 1 aliphatic carbocycles. The van der Waals surface area contributed by atoms with Crippen LogP contribution in [0.5, 0.6) is 0 Å². The molecule has 2 fully saturated rings. The lowest BCUT2D eigenvalue weighted by molar-refractivity contribution is -0.140. The number of nitrogens with zero attached hydrogens (tertiary/aromatic N) is 1.